The van der Waals surface area contributed by atoms with Gasteiger partial charge in [0.25, 0.3) is 0 Å². The van der Waals surface area contributed by atoms with E-state index in [1.165, 1.54) is 0 Å². The monoisotopic (exact) mass is 239 g/mol. The fourth-order valence-electron chi connectivity index (χ4n) is 2.76. The molecule has 2 saturated heterocycles. The van der Waals surface area contributed by atoms with Crippen molar-refractivity contribution in [3.05, 3.63) is 0 Å². The smallest absolute Gasteiger partial charge is 0.225 e. The largest absolute Gasteiger partial charge is 0.339 e. The minimum absolute atomic E-state index is 0.112. The highest BCUT2D eigenvalue weighted by atomic mass is 16.2. The van der Waals surface area contributed by atoms with Crippen LogP contribution in [0.1, 0.15) is 26.7 Å². The average Bonchev–Trinajstić information content (AvgIpc) is 2.33. The van der Waals surface area contributed by atoms with Crippen molar-refractivity contribution in [2.45, 2.75) is 32.2 Å². The summed E-state index contributed by atoms with van der Waals surface area (Å²) in [5.74, 6) is 0.642. The molecule has 2 rings (SSSR count). The predicted octanol–water partition coefficient (Wildman–Crippen LogP) is 0.539. The van der Waals surface area contributed by atoms with E-state index in [1.807, 2.05) is 0 Å². The summed E-state index contributed by atoms with van der Waals surface area (Å²) in [6, 6.07) is 0. The van der Waals surface area contributed by atoms with Gasteiger partial charge < -0.3 is 10.2 Å². The molecule has 1 amide bonds. The third-order valence-electron chi connectivity index (χ3n) is 4.32. The zero-order chi connectivity index (χ0) is 12.5. The van der Waals surface area contributed by atoms with E-state index < -0.39 is 0 Å². The van der Waals surface area contributed by atoms with Crippen molar-refractivity contribution in [3.8, 4) is 0 Å². The van der Waals surface area contributed by atoms with Gasteiger partial charge in [-0.2, -0.15) is 0 Å². The lowest BCUT2D eigenvalue weighted by Gasteiger charge is -2.46. The summed E-state index contributed by atoms with van der Waals surface area (Å²) < 4.78 is 0. The molecule has 0 atom stereocenters. The quantitative estimate of drug-likeness (QED) is 0.725. The Labute approximate surface area is 104 Å². The number of rotatable bonds is 1. The lowest BCUT2D eigenvalue weighted by molar-refractivity contribution is -0.140. The minimum atomic E-state index is 0.112. The van der Waals surface area contributed by atoms with Gasteiger partial charge in [-0.05, 0) is 46.8 Å². The van der Waals surface area contributed by atoms with E-state index in [-0.39, 0.29) is 11.5 Å². The Morgan fingerprint density at radius 2 is 1.88 bits per heavy atom. The second-order valence-corrected chi connectivity index (χ2v) is 6.02. The lowest BCUT2D eigenvalue weighted by atomic mass is 9.93. The van der Waals surface area contributed by atoms with Crippen LogP contribution in [-0.4, -0.2) is 61.0 Å². The second kappa shape index (κ2) is 4.94. The molecule has 2 aliphatic heterocycles. The van der Waals surface area contributed by atoms with E-state index in [2.05, 4.69) is 36.0 Å². The number of piperidine rings is 1. The Hall–Kier alpha value is -0.610. The van der Waals surface area contributed by atoms with Crippen LogP contribution in [0.2, 0.25) is 0 Å². The second-order valence-electron chi connectivity index (χ2n) is 6.02. The first-order valence-electron chi connectivity index (χ1n) is 6.71. The molecule has 0 aliphatic carbocycles. The molecule has 2 fully saturated rings. The molecule has 4 heteroatoms. The molecule has 2 aliphatic rings. The molecule has 17 heavy (non-hydrogen) atoms. The maximum atomic E-state index is 12.4. The first-order chi connectivity index (χ1) is 8.00. The van der Waals surface area contributed by atoms with E-state index in [0.29, 0.717) is 5.91 Å². The van der Waals surface area contributed by atoms with Gasteiger partial charge in [-0.3, -0.25) is 9.69 Å². The highest BCUT2D eigenvalue weighted by Gasteiger charge is 2.35. The van der Waals surface area contributed by atoms with E-state index in [9.17, 15) is 4.79 Å². The molecule has 0 unspecified atom stereocenters. The highest BCUT2D eigenvalue weighted by molar-refractivity contribution is 5.79. The number of carbonyl (C=O) groups excluding carboxylic acids is 1. The summed E-state index contributed by atoms with van der Waals surface area (Å²) in [6.45, 7) is 9.17. The van der Waals surface area contributed by atoms with Crippen LogP contribution in [0.25, 0.3) is 0 Å². The van der Waals surface area contributed by atoms with Gasteiger partial charge in [0.15, 0.2) is 0 Å². The molecule has 0 bridgehead atoms. The Bertz CT molecular complexity index is 284. The number of carbonyl (C=O) groups is 1. The summed E-state index contributed by atoms with van der Waals surface area (Å²) >= 11 is 0. The van der Waals surface area contributed by atoms with E-state index in [0.717, 1.165) is 45.6 Å². The summed E-state index contributed by atoms with van der Waals surface area (Å²) in [7, 11) is 2.15. The Kier molecular flexibility index (Phi) is 3.73. The van der Waals surface area contributed by atoms with Gasteiger partial charge in [-0.15, -0.1) is 0 Å². The van der Waals surface area contributed by atoms with Crippen molar-refractivity contribution >= 4 is 5.91 Å². The number of nitrogens with one attached hydrogen (secondary N) is 1. The van der Waals surface area contributed by atoms with Crippen LogP contribution in [0.15, 0.2) is 0 Å². The summed E-state index contributed by atoms with van der Waals surface area (Å²) in [4.78, 5) is 16.9. The number of amides is 1. The number of hydrogen-bond donors (Lipinski definition) is 1. The van der Waals surface area contributed by atoms with Gasteiger partial charge in [-0.1, -0.05) is 0 Å². The van der Waals surface area contributed by atoms with Crippen LogP contribution >= 0.6 is 0 Å². The van der Waals surface area contributed by atoms with Gasteiger partial charge in [0.05, 0.1) is 0 Å². The van der Waals surface area contributed by atoms with Crippen LogP contribution in [-0.2, 0) is 4.79 Å². The molecule has 0 aromatic heterocycles. The molecule has 0 spiro atoms. The van der Waals surface area contributed by atoms with Crippen molar-refractivity contribution in [1.82, 2.24) is 15.1 Å². The maximum absolute atomic E-state index is 12.4. The van der Waals surface area contributed by atoms with Crippen molar-refractivity contribution in [3.63, 3.8) is 0 Å². The zero-order valence-corrected chi connectivity index (χ0v) is 11.3. The SMILES string of the molecule is CN1CCN(C(=O)C2CCNCC2)CC1(C)C. The molecule has 4 nitrogen and oxygen atoms in total. The van der Waals surface area contributed by atoms with Gasteiger partial charge in [0.1, 0.15) is 0 Å². The molecule has 98 valence electrons. The Balaban J connectivity index is 1.95. The molecular formula is C13H25N3O. The van der Waals surface area contributed by atoms with Crippen LogP contribution < -0.4 is 5.32 Å². The van der Waals surface area contributed by atoms with E-state index in [4.69, 9.17) is 0 Å². The Morgan fingerprint density at radius 1 is 1.24 bits per heavy atom. The zero-order valence-electron chi connectivity index (χ0n) is 11.3. The molecule has 0 aromatic carbocycles. The summed E-state index contributed by atoms with van der Waals surface area (Å²) in [6.07, 6.45) is 2.01. The third-order valence-corrected chi connectivity index (χ3v) is 4.32. The number of likely N-dealkylation sites (N-methyl/N-ethyl adjacent to an activating group) is 1. The first kappa shape index (κ1) is 12.8. The standard InChI is InChI=1S/C13H25N3O/c1-13(2)10-16(9-8-15(13)3)12(17)11-4-6-14-7-5-11/h11,14H,4-10H2,1-3H3. The molecule has 2 heterocycles. The van der Waals surface area contributed by atoms with Crippen molar-refractivity contribution in [2.24, 2.45) is 5.92 Å². The van der Waals surface area contributed by atoms with E-state index in [1.54, 1.807) is 0 Å². The molecule has 0 aromatic rings. The third kappa shape index (κ3) is 2.80. The fraction of sp³-hybridized carbons (Fsp3) is 0.923. The van der Waals surface area contributed by atoms with Crippen LogP contribution in [0, 0.1) is 5.92 Å². The number of nitrogens with zero attached hydrogens (tertiary/aromatic N) is 2. The lowest BCUT2D eigenvalue weighted by Crippen LogP contribution is -2.60. The summed E-state index contributed by atoms with van der Waals surface area (Å²) in [5, 5.41) is 3.32. The normalized spacial score (nSPS) is 27.1. The first-order valence-corrected chi connectivity index (χ1v) is 6.71. The minimum Gasteiger partial charge on any atom is -0.339 e. The Morgan fingerprint density at radius 3 is 2.47 bits per heavy atom. The number of piperazine rings is 1. The van der Waals surface area contributed by atoms with Crippen molar-refractivity contribution in [1.29, 1.82) is 0 Å². The van der Waals surface area contributed by atoms with Gasteiger partial charge >= 0.3 is 0 Å². The average molecular weight is 239 g/mol. The topological polar surface area (TPSA) is 35.6 Å². The fourth-order valence-corrected chi connectivity index (χ4v) is 2.76. The molecule has 1 N–H and O–H groups in total. The van der Waals surface area contributed by atoms with Gasteiger partial charge in [0.2, 0.25) is 5.91 Å². The summed E-state index contributed by atoms with van der Waals surface area (Å²) in [5.41, 5.74) is 0.112. The van der Waals surface area contributed by atoms with Crippen LogP contribution in [0.5, 0.6) is 0 Å². The van der Waals surface area contributed by atoms with Crippen molar-refractivity contribution < 1.29 is 4.79 Å². The molecule has 0 radical (unpaired) electrons. The predicted molar refractivity (Wildman–Crippen MR) is 68.9 cm³/mol. The van der Waals surface area contributed by atoms with Gasteiger partial charge in [0, 0.05) is 31.1 Å². The molecule has 0 saturated carbocycles. The maximum Gasteiger partial charge on any atom is 0.225 e. The van der Waals surface area contributed by atoms with Crippen molar-refractivity contribution in [2.75, 3.05) is 39.8 Å². The molecular weight excluding hydrogens is 214 g/mol. The van der Waals surface area contributed by atoms with Gasteiger partial charge in [-0.25, -0.2) is 0 Å². The van der Waals surface area contributed by atoms with E-state index >= 15 is 0 Å². The highest BCUT2D eigenvalue weighted by Crippen LogP contribution is 2.22. The van der Waals surface area contributed by atoms with Crippen LogP contribution in [0.3, 0.4) is 0 Å². The number of hydrogen-bond acceptors (Lipinski definition) is 3. The van der Waals surface area contributed by atoms with Crippen LogP contribution in [0.4, 0.5) is 0 Å².